The molecule has 46 heavy (non-hydrogen) atoms. The van der Waals surface area contributed by atoms with Crippen LogP contribution in [0.15, 0.2) is 42.5 Å². The highest BCUT2D eigenvalue weighted by molar-refractivity contribution is 6.40. The number of aromatic carboxylic acids is 1. The van der Waals surface area contributed by atoms with Crippen molar-refractivity contribution < 1.29 is 33.3 Å². The molecule has 2 atom stereocenters. The van der Waals surface area contributed by atoms with E-state index in [-0.39, 0.29) is 63.6 Å². The van der Waals surface area contributed by atoms with Gasteiger partial charge in [0.1, 0.15) is 17.2 Å². The predicted molar refractivity (Wildman–Crippen MR) is 173 cm³/mol. The van der Waals surface area contributed by atoms with Crippen molar-refractivity contribution in [1.29, 1.82) is 0 Å². The van der Waals surface area contributed by atoms with Crippen LogP contribution >= 0.6 is 23.2 Å². The fourth-order valence-corrected chi connectivity index (χ4v) is 7.86. The number of hydrogen-bond donors (Lipinski definition) is 1. The summed E-state index contributed by atoms with van der Waals surface area (Å²) >= 11 is 13.3. The molecule has 4 aliphatic rings. The average molecular weight is 671 g/mol. The van der Waals surface area contributed by atoms with Gasteiger partial charge in [-0.05, 0) is 43.5 Å². The minimum atomic E-state index is -1.19. The summed E-state index contributed by atoms with van der Waals surface area (Å²) < 4.78 is 33.2. The van der Waals surface area contributed by atoms with Gasteiger partial charge in [0.2, 0.25) is 0 Å². The molecular weight excluding hydrogens is 636 g/mol. The van der Waals surface area contributed by atoms with Gasteiger partial charge in [0, 0.05) is 42.6 Å². The number of fused-ring (bicyclic) bond motifs is 3. The number of halogens is 3. The first-order valence-corrected chi connectivity index (χ1v) is 16.1. The molecule has 0 aliphatic carbocycles. The molecule has 3 saturated heterocycles. The van der Waals surface area contributed by atoms with Gasteiger partial charge in [-0.25, -0.2) is 9.18 Å². The molecule has 2 unspecified atom stereocenters. The number of anilines is 2. The Balaban J connectivity index is 1.16. The Morgan fingerprint density at radius 2 is 1.76 bits per heavy atom. The molecule has 7 rings (SSSR count). The van der Waals surface area contributed by atoms with Crippen molar-refractivity contribution in [2.45, 2.75) is 50.4 Å². The maximum atomic E-state index is 15.7. The molecule has 3 aromatic carbocycles. The van der Waals surface area contributed by atoms with Gasteiger partial charge < -0.3 is 34.0 Å². The summed E-state index contributed by atoms with van der Waals surface area (Å²) in [6, 6.07) is 11.6. The molecule has 3 aromatic rings. The van der Waals surface area contributed by atoms with Crippen molar-refractivity contribution in [1.82, 2.24) is 4.90 Å². The number of morpholine rings is 1. The van der Waals surface area contributed by atoms with Crippen LogP contribution in [0.5, 0.6) is 5.75 Å². The van der Waals surface area contributed by atoms with E-state index in [2.05, 4.69) is 16.7 Å². The molecule has 0 radical (unpaired) electrons. The van der Waals surface area contributed by atoms with E-state index in [9.17, 15) is 14.7 Å². The fourth-order valence-electron chi connectivity index (χ4n) is 7.22. The molecule has 242 valence electrons. The molecule has 1 N–H and O–H groups in total. The third-order valence-corrected chi connectivity index (χ3v) is 10.5. The molecule has 9 nitrogen and oxygen atoms in total. The lowest BCUT2D eigenvalue weighted by Gasteiger charge is -2.50. The zero-order valence-electron chi connectivity index (χ0n) is 25.5. The zero-order chi connectivity index (χ0) is 32.3. The van der Waals surface area contributed by atoms with Crippen LogP contribution in [0.25, 0.3) is 11.1 Å². The summed E-state index contributed by atoms with van der Waals surface area (Å²) in [6.07, 6.45) is 2.64. The quantitative estimate of drug-likeness (QED) is 0.306. The van der Waals surface area contributed by atoms with Crippen LogP contribution in [0.2, 0.25) is 10.0 Å². The number of carboxylic acid groups (broad SMARTS) is 1. The van der Waals surface area contributed by atoms with Crippen molar-refractivity contribution >= 4 is 46.5 Å². The van der Waals surface area contributed by atoms with Crippen LogP contribution in [-0.2, 0) is 16.0 Å². The molecule has 3 fully saturated rings. The van der Waals surface area contributed by atoms with Crippen molar-refractivity contribution in [3.05, 3.63) is 75.0 Å². The molecule has 0 saturated carbocycles. The smallest absolute Gasteiger partial charge is 0.337 e. The summed E-state index contributed by atoms with van der Waals surface area (Å²) in [6.45, 7) is 4.57. The van der Waals surface area contributed by atoms with Crippen molar-refractivity contribution in [2.75, 3.05) is 49.9 Å². The van der Waals surface area contributed by atoms with Crippen LogP contribution in [0.1, 0.15) is 52.5 Å². The predicted octanol–water partition coefficient (Wildman–Crippen LogP) is 6.47. The molecule has 4 aliphatic heterocycles. The van der Waals surface area contributed by atoms with E-state index in [1.165, 1.54) is 4.90 Å². The fraction of sp³-hybridized carbons (Fsp3) is 0.412. The number of carbonyl (C=O) groups is 2. The van der Waals surface area contributed by atoms with E-state index in [4.69, 9.17) is 37.4 Å². The van der Waals surface area contributed by atoms with Crippen LogP contribution in [0.3, 0.4) is 0 Å². The van der Waals surface area contributed by atoms with Crippen LogP contribution in [0.4, 0.5) is 15.8 Å². The minimum Gasteiger partial charge on any atom is -0.478 e. The molecule has 0 spiro atoms. The van der Waals surface area contributed by atoms with E-state index < -0.39 is 11.8 Å². The van der Waals surface area contributed by atoms with E-state index in [0.717, 1.165) is 31.0 Å². The van der Waals surface area contributed by atoms with Crippen molar-refractivity contribution in [2.24, 2.45) is 0 Å². The maximum Gasteiger partial charge on any atom is 0.337 e. The second-order valence-electron chi connectivity index (χ2n) is 12.4. The standard InChI is InChI=1S/C34H34Cl2FN3O6/c1-3-34(44-2)16-39(17-34)22-9-26(35)30(27(36)10-22)32(41)38-13-19-5-4-6-23(31(19)46-18-38)24-12-29(25(33(42)43)11-28(24)37)40-20-7-8-21(40)15-45-14-20/h4-6,9-12,20-21H,3,7-8,13-18H2,1-2H3,(H,42,43). The normalized spacial score (nSPS) is 21.5. The van der Waals surface area contributed by atoms with Gasteiger partial charge in [-0.3, -0.25) is 4.79 Å². The number of para-hydroxylation sites is 1. The van der Waals surface area contributed by atoms with E-state index >= 15 is 4.39 Å². The first-order chi connectivity index (χ1) is 22.1. The zero-order valence-corrected chi connectivity index (χ0v) is 27.0. The molecular formula is C34H34Cl2FN3O6. The Kier molecular flexibility index (Phi) is 8.03. The topological polar surface area (TPSA) is 91.8 Å². The number of carboxylic acids is 1. The van der Waals surface area contributed by atoms with Gasteiger partial charge in [-0.2, -0.15) is 0 Å². The number of hydrogen-bond acceptors (Lipinski definition) is 7. The summed E-state index contributed by atoms with van der Waals surface area (Å²) in [5, 5.41) is 10.4. The molecule has 0 aromatic heterocycles. The number of ether oxygens (including phenoxy) is 3. The number of benzene rings is 3. The van der Waals surface area contributed by atoms with Crippen LogP contribution < -0.4 is 14.5 Å². The monoisotopic (exact) mass is 669 g/mol. The maximum absolute atomic E-state index is 15.7. The van der Waals surface area contributed by atoms with E-state index in [0.29, 0.717) is 48.9 Å². The number of methoxy groups -OCH3 is 1. The number of amides is 1. The molecule has 1 amide bonds. The van der Waals surface area contributed by atoms with Gasteiger partial charge in [-0.15, -0.1) is 0 Å². The van der Waals surface area contributed by atoms with Gasteiger partial charge in [0.25, 0.3) is 5.91 Å². The number of rotatable bonds is 7. The average Bonchev–Trinajstić information content (AvgIpc) is 3.26. The molecule has 12 heteroatoms. The summed E-state index contributed by atoms with van der Waals surface area (Å²) in [7, 11) is 1.71. The Bertz CT molecular complexity index is 1690. The van der Waals surface area contributed by atoms with Crippen molar-refractivity contribution in [3.8, 4) is 16.9 Å². The Morgan fingerprint density at radius 1 is 1.07 bits per heavy atom. The third-order valence-electron chi connectivity index (χ3n) is 9.88. The summed E-state index contributed by atoms with van der Waals surface area (Å²) in [5.74, 6) is -1.80. The van der Waals surface area contributed by atoms with Crippen LogP contribution in [-0.4, -0.2) is 79.7 Å². The van der Waals surface area contributed by atoms with Gasteiger partial charge in [-0.1, -0.05) is 48.3 Å². The Hall–Kier alpha value is -3.57. The second-order valence-corrected chi connectivity index (χ2v) is 13.3. The second kappa shape index (κ2) is 11.9. The number of carbonyl (C=O) groups excluding carboxylic acids is 1. The van der Waals surface area contributed by atoms with Gasteiger partial charge in [0.05, 0.1) is 58.7 Å². The van der Waals surface area contributed by atoms with E-state index in [1.54, 1.807) is 37.4 Å². The SMILES string of the molecule is CCC1(OC)CN(c2cc(Cl)c(C(=O)N3COc4c(cccc4-c4cc(N5C6CCC5COC6)c(C(=O)O)cc4F)C3)c(Cl)c2)C1. The first-order valence-electron chi connectivity index (χ1n) is 15.4. The lowest BCUT2D eigenvalue weighted by Crippen LogP contribution is -2.62. The third kappa shape index (κ3) is 5.15. The lowest BCUT2D eigenvalue weighted by molar-refractivity contribution is -0.0357. The minimum absolute atomic E-state index is 0.0320. The highest BCUT2D eigenvalue weighted by Crippen LogP contribution is 2.44. The molecule has 4 heterocycles. The summed E-state index contributed by atoms with van der Waals surface area (Å²) in [4.78, 5) is 31.6. The highest BCUT2D eigenvalue weighted by Gasteiger charge is 2.43. The molecule has 2 bridgehead atoms. The van der Waals surface area contributed by atoms with E-state index in [1.807, 2.05) is 6.07 Å². The van der Waals surface area contributed by atoms with Gasteiger partial charge in [0.15, 0.2) is 6.73 Å². The highest BCUT2D eigenvalue weighted by atomic mass is 35.5. The first kappa shape index (κ1) is 31.1. The Labute approximate surface area is 276 Å². The number of nitrogens with zero attached hydrogens (tertiary/aromatic N) is 3. The lowest BCUT2D eigenvalue weighted by atomic mass is 9.90. The van der Waals surface area contributed by atoms with Crippen molar-refractivity contribution in [3.63, 3.8) is 0 Å². The Morgan fingerprint density at radius 3 is 2.39 bits per heavy atom. The van der Waals surface area contributed by atoms with Gasteiger partial charge >= 0.3 is 5.97 Å². The van der Waals surface area contributed by atoms with Crippen LogP contribution in [0, 0.1) is 5.82 Å². The summed E-state index contributed by atoms with van der Waals surface area (Å²) in [5.41, 5.74) is 2.58. The largest absolute Gasteiger partial charge is 0.478 e.